The maximum atomic E-state index is 5.47. The fourth-order valence-electron chi connectivity index (χ4n) is 0.894. The molecule has 0 aliphatic rings. The molecule has 0 radical (unpaired) electrons. The number of nitrogens with two attached hydrogens (primary N) is 1. The molecule has 0 atom stereocenters. The lowest BCUT2D eigenvalue weighted by molar-refractivity contribution is 1.10. The van der Waals surface area contributed by atoms with Gasteiger partial charge in [-0.1, -0.05) is 0 Å². The van der Waals surface area contributed by atoms with Crippen molar-refractivity contribution in [2.45, 2.75) is 0 Å². The average molecular weight is 213 g/mol. The van der Waals surface area contributed by atoms with Crippen molar-refractivity contribution < 1.29 is 0 Å². The van der Waals surface area contributed by atoms with Crippen LogP contribution in [0.5, 0.6) is 0 Å². The number of hydrogen-bond acceptors (Lipinski definition) is 3. The van der Waals surface area contributed by atoms with E-state index >= 15 is 0 Å². The molecule has 0 saturated carbocycles. The van der Waals surface area contributed by atoms with Gasteiger partial charge in [-0.3, -0.25) is 0 Å². The lowest BCUT2D eigenvalue weighted by atomic mass is 10.7. The lowest BCUT2D eigenvalue weighted by Crippen LogP contribution is -1.84. The van der Waals surface area contributed by atoms with Crippen LogP contribution in [0.2, 0.25) is 0 Å². The molecule has 0 saturated heterocycles. The Bertz CT molecular complexity index is 394. The van der Waals surface area contributed by atoms with Crippen LogP contribution in [0.1, 0.15) is 0 Å². The first-order valence-corrected chi connectivity index (χ1v) is 3.81. The van der Waals surface area contributed by atoms with Crippen LogP contribution < -0.4 is 5.73 Å². The third-order valence-corrected chi connectivity index (χ3v) is 1.74. The van der Waals surface area contributed by atoms with Crippen molar-refractivity contribution in [2.75, 3.05) is 5.73 Å². The fraction of sp³-hybridized carbons (Fsp3) is 0. The van der Waals surface area contributed by atoms with E-state index in [2.05, 4.69) is 25.9 Å². The maximum absolute atomic E-state index is 5.47. The van der Waals surface area contributed by atoms with E-state index in [0.717, 1.165) is 10.3 Å². The van der Waals surface area contributed by atoms with E-state index in [0.29, 0.717) is 5.82 Å². The van der Waals surface area contributed by atoms with Crippen LogP contribution in [0.4, 0.5) is 5.82 Å². The number of anilines is 1. The highest BCUT2D eigenvalue weighted by molar-refractivity contribution is 9.10. The van der Waals surface area contributed by atoms with Crippen LogP contribution in [0.15, 0.2) is 23.2 Å². The molecule has 56 valence electrons. The topological polar surface area (TPSA) is 56.2 Å². The van der Waals surface area contributed by atoms with Gasteiger partial charge in [0.15, 0.2) is 5.65 Å². The number of hydrogen-bond donors (Lipinski definition) is 1. The molecule has 0 unspecified atom stereocenters. The molecule has 2 aromatic heterocycles. The molecule has 11 heavy (non-hydrogen) atoms. The Morgan fingerprint density at radius 3 is 3.09 bits per heavy atom. The predicted molar refractivity (Wildman–Crippen MR) is 45.1 cm³/mol. The molecule has 4 nitrogen and oxygen atoms in total. The number of nitrogen functional groups attached to an aromatic ring is 1. The molecule has 0 aromatic carbocycles. The van der Waals surface area contributed by atoms with Crippen molar-refractivity contribution in [1.82, 2.24) is 14.4 Å². The largest absolute Gasteiger partial charge is 0.382 e. The Morgan fingerprint density at radius 1 is 1.45 bits per heavy atom. The fourth-order valence-corrected chi connectivity index (χ4v) is 1.22. The van der Waals surface area contributed by atoms with Crippen LogP contribution in [-0.2, 0) is 0 Å². The van der Waals surface area contributed by atoms with Crippen molar-refractivity contribution in [3.63, 3.8) is 0 Å². The van der Waals surface area contributed by atoms with Gasteiger partial charge in [-0.25, -0.2) is 9.97 Å². The van der Waals surface area contributed by atoms with Crippen LogP contribution in [0.3, 0.4) is 0 Å². The average Bonchev–Trinajstić information content (AvgIpc) is 2.27. The van der Waals surface area contributed by atoms with Gasteiger partial charge in [0.2, 0.25) is 0 Å². The SMILES string of the molecule is Nc1cn2cc(Br)ncc2n1. The molecule has 0 aliphatic carbocycles. The minimum Gasteiger partial charge on any atom is -0.382 e. The summed E-state index contributed by atoms with van der Waals surface area (Å²) in [4.78, 5) is 8.01. The Labute approximate surface area is 71.2 Å². The van der Waals surface area contributed by atoms with E-state index in [1.54, 1.807) is 18.6 Å². The second-order valence-electron chi connectivity index (χ2n) is 2.14. The van der Waals surface area contributed by atoms with E-state index in [-0.39, 0.29) is 0 Å². The molecule has 0 spiro atoms. The molecule has 2 N–H and O–H groups in total. The second kappa shape index (κ2) is 2.20. The molecule has 0 fully saturated rings. The first-order valence-electron chi connectivity index (χ1n) is 3.01. The third-order valence-electron chi connectivity index (χ3n) is 1.33. The molecule has 0 amide bonds. The predicted octanol–water partition coefficient (Wildman–Crippen LogP) is 1.07. The Balaban J connectivity index is 2.82. The number of imidazole rings is 1. The molecule has 0 bridgehead atoms. The number of aromatic nitrogens is 3. The summed E-state index contributed by atoms with van der Waals surface area (Å²) in [5.74, 6) is 0.505. The van der Waals surface area contributed by atoms with Crippen LogP contribution in [0.25, 0.3) is 5.65 Å². The monoisotopic (exact) mass is 212 g/mol. The quantitative estimate of drug-likeness (QED) is 0.712. The lowest BCUT2D eigenvalue weighted by Gasteiger charge is -1.90. The van der Waals surface area contributed by atoms with E-state index in [1.807, 2.05) is 4.40 Å². The smallest absolute Gasteiger partial charge is 0.157 e. The minimum absolute atomic E-state index is 0.505. The second-order valence-corrected chi connectivity index (χ2v) is 2.95. The van der Waals surface area contributed by atoms with Gasteiger partial charge < -0.3 is 10.1 Å². The highest BCUT2D eigenvalue weighted by Gasteiger charge is 1.97. The zero-order chi connectivity index (χ0) is 7.84. The number of rotatable bonds is 0. The Morgan fingerprint density at radius 2 is 2.27 bits per heavy atom. The zero-order valence-corrected chi connectivity index (χ0v) is 7.12. The first-order chi connectivity index (χ1) is 5.25. The summed E-state index contributed by atoms with van der Waals surface area (Å²) < 4.78 is 2.58. The van der Waals surface area contributed by atoms with Crippen molar-refractivity contribution in [3.8, 4) is 0 Å². The summed E-state index contributed by atoms with van der Waals surface area (Å²) >= 11 is 3.24. The molecular formula is C6H5BrN4. The third kappa shape index (κ3) is 1.07. The summed E-state index contributed by atoms with van der Waals surface area (Å²) in [6.45, 7) is 0. The van der Waals surface area contributed by atoms with Crippen LogP contribution >= 0.6 is 15.9 Å². The molecule has 0 aliphatic heterocycles. The highest BCUT2D eigenvalue weighted by Crippen LogP contribution is 2.09. The standard InChI is InChI=1S/C6H5BrN4/c7-4-2-11-3-5(8)10-6(11)1-9-4/h1-3H,8H2. The van der Waals surface area contributed by atoms with Gasteiger partial charge >= 0.3 is 0 Å². The summed E-state index contributed by atoms with van der Waals surface area (Å²) in [5.41, 5.74) is 6.22. The maximum Gasteiger partial charge on any atom is 0.157 e. The minimum atomic E-state index is 0.505. The summed E-state index contributed by atoms with van der Waals surface area (Å²) in [7, 11) is 0. The first kappa shape index (κ1) is 6.60. The van der Waals surface area contributed by atoms with Gasteiger partial charge in [0.05, 0.1) is 12.4 Å². The van der Waals surface area contributed by atoms with Crippen LogP contribution in [0, 0.1) is 0 Å². The van der Waals surface area contributed by atoms with Gasteiger partial charge in [0.1, 0.15) is 10.4 Å². The van der Waals surface area contributed by atoms with Crippen molar-refractivity contribution in [1.29, 1.82) is 0 Å². The zero-order valence-electron chi connectivity index (χ0n) is 5.53. The van der Waals surface area contributed by atoms with Gasteiger partial charge in [-0.05, 0) is 15.9 Å². The normalized spacial score (nSPS) is 10.6. The Kier molecular flexibility index (Phi) is 1.32. The van der Waals surface area contributed by atoms with Gasteiger partial charge in [-0.15, -0.1) is 0 Å². The van der Waals surface area contributed by atoms with Crippen LogP contribution in [-0.4, -0.2) is 14.4 Å². The molecule has 2 aromatic rings. The van der Waals surface area contributed by atoms with Gasteiger partial charge in [0, 0.05) is 6.20 Å². The van der Waals surface area contributed by atoms with Crippen molar-refractivity contribution in [2.24, 2.45) is 0 Å². The van der Waals surface area contributed by atoms with E-state index in [9.17, 15) is 0 Å². The molecule has 2 rings (SSSR count). The summed E-state index contributed by atoms with van der Waals surface area (Å²) in [5, 5.41) is 0. The molecule has 5 heteroatoms. The molecule has 2 heterocycles. The summed E-state index contributed by atoms with van der Waals surface area (Å²) in [6, 6.07) is 0. The molecular weight excluding hydrogens is 208 g/mol. The van der Waals surface area contributed by atoms with Gasteiger partial charge in [0.25, 0.3) is 0 Å². The number of halogens is 1. The van der Waals surface area contributed by atoms with Crippen molar-refractivity contribution in [3.05, 3.63) is 23.2 Å². The highest BCUT2D eigenvalue weighted by atomic mass is 79.9. The van der Waals surface area contributed by atoms with E-state index in [4.69, 9.17) is 5.73 Å². The Hall–Kier alpha value is -1.10. The van der Waals surface area contributed by atoms with E-state index < -0.39 is 0 Å². The van der Waals surface area contributed by atoms with E-state index in [1.165, 1.54) is 0 Å². The van der Waals surface area contributed by atoms with Gasteiger partial charge in [-0.2, -0.15) is 0 Å². The summed E-state index contributed by atoms with van der Waals surface area (Å²) in [6.07, 6.45) is 5.20. The number of nitrogens with zero attached hydrogens (tertiary/aromatic N) is 3. The van der Waals surface area contributed by atoms with Crippen molar-refractivity contribution >= 4 is 27.4 Å². The number of fused-ring (bicyclic) bond motifs is 1.